The Morgan fingerprint density at radius 2 is 2.08 bits per heavy atom. The van der Waals surface area contributed by atoms with Gasteiger partial charge in [0.2, 0.25) is 15.9 Å². The Balaban J connectivity index is 0.00000288. The maximum atomic E-state index is 12.4. The van der Waals surface area contributed by atoms with Gasteiger partial charge in [0, 0.05) is 17.7 Å². The average molecular weight is 378 g/mol. The summed E-state index contributed by atoms with van der Waals surface area (Å²) in [7, 11) is -1.96. The van der Waals surface area contributed by atoms with Crippen molar-refractivity contribution in [1.82, 2.24) is 0 Å². The quantitative estimate of drug-likeness (QED) is 0.700. The Hall–Kier alpha value is -1.51. The zero-order valence-corrected chi connectivity index (χ0v) is 15.4. The van der Waals surface area contributed by atoms with Gasteiger partial charge in [0.25, 0.3) is 0 Å². The van der Waals surface area contributed by atoms with Crippen LogP contribution in [0, 0.1) is 11.8 Å². The van der Waals surface area contributed by atoms with Crippen molar-refractivity contribution in [2.75, 3.05) is 29.9 Å². The van der Waals surface area contributed by atoms with Crippen molar-refractivity contribution in [3.05, 3.63) is 18.2 Å². The third-order valence-electron chi connectivity index (χ3n) is 4.06. The molecule has 1 aromatic carbocycles. The van der Waals surface area contributed by atoms with Crippen molar-refractivity contribution in [3.63, 3.8) is 0 Å². The SMILES string of the molecule is COc1cc(NC(=O)[C@@H]2CCC[C@@H]2CN)ccc1NS(C)(=O)=O.Cl. The van der Waals surface area contributed by atoms with Crippen LogP contribution in [0.1, 0.15) is 19.3 Å². The molecule has 0 aliphatic heterocycles. The lowest BCUT2D eigenvalue weighted by atomic mass is 9.95. The van der Waals surface area contributed by atoms with E-state index in [1.807, 2.05) is 0 Å². The lowest BCUT2D eigenvalue weighted by molar-refractivity contribution is -0.120. The number of nitrogens with one attached hydrogen (secondary N) is 2. The zero-order valence-electron chi connectivity index (χ0n) is 13.7. The number of halogens is 1. The lowest BCUT2D eigenvalue weighted by Gasteiger charge is -2.18. The maximum Gasteiger partial charge on any atom is 0.229 e. The molecule has 136 valence electrons. The highest BCUT2D eigenvalue weighted by atomic mass is 35.5. The van der Waals surface area contributed by atoms with E-state index in [0.29, 0.717) is 23.7 Å². The molecular weight excluding hydrogens is 354 g/mol. The van der Waals surface area contributed by atoms with Crippen LogP contribution in [0.15, 0.2) is 18.2 Å². The van der Waals surface area contributed by atoms with Crippen LogP contribution in [0.3, 0.4) is 0 Å². The van der Waals surface area contributed by atoms with Crippen molar-refractivity contribution in [3.8, 4) is 5.75 Å². The minimum absolute atomic E-state index is 0. The van der Waals surface area contributed by atoms with Crippen LogP contribution in [0.4, 0.5) is 11.4 Å². The molecule has 1 aliphatic rings. The van der Waals surface area contributed by atoms with Gasteiger partial charge in [-0.25, -0.2) is 8.42 Å². The number of sulfonamides is 1. The minimum Gasteiger partial charge on any atom is -0.494 e. The van der Waals surface area contributed by atoms with Crippen LogP contribution in [-0.2, 0) is 14.8 Å². The number of carbonyl (C=O) groups is 1. The van der Waals surface area contributed by atoms with Crippen LogP contribution in [0.25, 0.3) is 0 Å². The first-order chi connectivity index (χ1) is 10.8. The summed E-state index contributed by atoms with van der Waals surface area (Å²) in [6, 6.07) is 4.79. The van der Waals surface area contributed by atoms with Crippen LogP contribution in [0.2, 0.25) is 0 Å². The molecule has 2 rings (SSSR count). The van der Waals surface area contributed by atoms with Crippen LogP contribution in [-0.4, -0.2) is 34.2 Å². The van der Waals surface area contributed by atoms with Gasteiger partial charge in [-0.05, 0) is 37.4 Å². The van der Waals surface area contributed by atoms with Crippen molar-refractivity contribution < 1.29 is 17.9 Å². The first-order valence-corrected chi connectivity index (χ1v) is 9.40. The molecule has 0 aromatic heterocycles. The molecule has 0 saturated heterocycles. The number of amides is 1. The molecule has 1 aliphatic carbocycles. The van der Waals surface area contributed by atoms with E-state index in [2.05, 4.69) is 10.0 Å². The number of anilines is 2. The van der Waals surface area contributed by atoms with Crippen LogP contribution >= 0.6 is 12.4 Å². The van der Waals surface area contributed by atoms with Gasteiger partial charge in [-0.1, -0.05) is 6.42 Å². The second-order valence-electron chi connectivity index (χ2n) is 5.81. The van der Waals surface area contributed by atoms with Gasteiger partial charge in [-0.3, -0.25) is 9.52 Å². The Bertz CT molecular complexity index is 681. The second kappa shape index (κ2) is 8.55. The van der Waals surface area contributed by atoms with Gasteiger partial charge in [-0.15, -0.1) is 12.4 Å². The number of nitrogens with two attached hydrogens (primary N) is 1. The fraction of sp³-hybridized carbons (Fsp3) is 0.533. The number of hydrogen-bond acceptors (Lipinski definition) is 5. The molecule has 4 N–H and O–H groups in total. The maximum absolute atomic E-state index is 12.4. The fourth-order valence-corrected chi connectivity index (χ4v) is 3.52. The average Bonchev–Trinajstić information content (AvgIpc) is 2.96. The summed E-state index contributed by atoms with van der Waals surface area (Å²) in [4.78, 5) is 12.4. The molecule has 0 radical (unpaired) electrons. The first-order valence-electron chi connectivity index (χ1n) is 7.51. The Labute approximate surface area is 148 Å². The summed E-state index contributed by atoms with van der Waals surface area (Å²) in [5.74, 6) is 0.446. The van der Waals surface area contributed by atoms with Crippen molar-refractivity contribution in [2.24, 2.45) is 17.6 Å². The standard InChI is InChI=1S/C15H23N3O4S.ClH/c1-22-14-8-11(6-7-13(14)18-23(2,20)21)17-15(19)12-5-3-4-10(12)9-16;/h6-8,10,12,18H,3-5,9,16H2,1-2H3,(H,17,19);1H/t10-,12-;/m1./s1. The van der Waals surface area contributed by atoms with Gasteiger partial charge < -0.3 is 15.8 Å². The number of hydrogen-bond donors (Lipinski definition) is 3. The number of carbonyl (C=O) groups excluding carboxylic acids is 1. The number of ether oxygens (including phenoxy) is 1. The highest BCUT2D eigenvalue weighted by Gasteiger charge is 2.31. The van der Waals surface area contributed by atoms with E-state index in [0.717, 1.165) is 25.5 Å². The molecule has 24 heavy (non-hydrogen) atoms. The van der Waals surface area contributed by atoms with E-state index in [4.69, 9.17) is 10.5 Å². The molecule has 0 spiro atoms. The summed E-state index contributed by atoms with van der Waals surface area (Å²) < 4.78 is 30.2. The van der Waals surface area contributed by atoms with E-state index in [1.54, 1.807) is 18.2 Å². The normalized spacial score (nSPS) is 20.1. The van der Waals surface area contributed by atoms with Gasteiger partial charge in [0.15, 0.2) is 0 Å². The van der Waals surface area contributed by atoms with Crippen LogP contribution in [0.5, 0.6) is 5.75 Å². The van der Waals surface area contributed by atoms with Crippen LogP contribution < -0.4 is 20.5 Å². The van der Waals surface area contributed by atoms with Crippen molar-refractivity contribution in [2.45, 2.75) is 19.3 Å². The van der Waals surface area contributed by atoms with E-state index in [1.165, 1.54) is 7.11 Å². The van der Waals surface area contributed by atoms with E-state index < -0.39 is 10.0 Å². The third-order valence-corrected chi connectivity index (χ3v) is 4.65. The molecule has 1 fully saturated rings. The highest BCUT2D eigenvalue weighted by Crippen LogP contribution is 2.33. The Morgan fingerprint density at radius 1 is 1.38 bits per heavy atom. The third kappa shape index (κ3) is 5.25. The molecule has 1 saturated carbocycles. The molecule has 7 nitrogen and oxygen atoms in total. The molecule has 1 amide bonds. The number of methoxy groups -OCH3 is 1. The summed E-state index contributed by atoms with van der Waals surface area (Å²) >= 11 is 0. The number of benzene rings is 1. The van der Waals surface area contributed by atoms with Crippen molar-refractivity contribution in [1.29, 1.82) is 0 Å². The summed E-state index contributed by atoms with van der Waals surface area (Å²) in [5, 5.41) is 2.86. The second-order valence-corrected chi connectivity index (χ2v) is 7.56. The predicted octanol–water partition coefficient (Wildman–Crippen LogP) is 1.80. The Morgan fingerprint density at radius 3 is 2.67 bits per heavy atom. The van der Waals surface area contributed by atoms with E-state index >= 15 is 0 Å². The monoisotopic (exact) mass is 377 g/mol. The van der Waals surface area contributed by atoms with Gasteiger partial charge in [0.1, 0.15) is 5.75 Å². The first kappa shape index (κ1) is 20.5. The zero-order chi connectivity index (χ0) is 17.0. The van der Waals surface area contributed by atoms with E-state index in [9.17, 15) is 13.2 Å². The Kier molecular flexibility index (Phi) is 7.31. The molecule has 0 heterocycles. The largest absolute Gasteiger partial charge is 0.494 e. The van der Waals surface area contributed by atoms with Gasteiger partial charge >= 0.3 is 0 Å². The van der Waals surface area contributed by atoms with Gasteiger partial charge in [0.05, 0.1) is 19.1 Å². The summed E-state index contributed by atoms with van der Waals surface area (Å²) in [6.07, 6.45) is 3.91. The molecule has 1 aromatic rings. The topological polar surface area (TPSA) is 111 Å². The number of rotatable bonds is 6. The van der Waals surface area contributed by atoms with Crippen molar-refractivity contribution >= 4 is 39.7 Å². The molecule has 0 bridgehead atoms. The predicted molar refractivity (Wildman–Crippen MR) is 97.2 cm³/mol. The van der Waals surface area contributed by atoms with E-state index in [-0.39, 0.29) is 30.2 Å². The van der Waals surface area contributed by atoms with Gasteiger partial charge in [-0.2, -0.15) is 0 Å². The highest BCUT2D eigenvalue weighted by molar-refractivity contribution is 7.92. The smallest absolute Gasteiger partial charge is 0.229 e. The molecule has 9 heteroatoms. The molecular formula is C15H24ClN3O4S. The summed E-state index contributed by atoms with van der Waals surface area (Å²) in [6.45, 7) is 0.513. The minimum atomic E-state index is -3.40. The molecule has 0 unspecified atom stereocenters. The molecule has 2 atom stereocenters. The lowest BCUT2D eigenvalue weighted by Crippen LogP contribution is -2.29. The summed E-state index contributed by atoms with van der Waals surface area (Å²) in [5.41, 5.74) is 6.61. The fourth-order valence-electron chi connectivity index (χ4n) is 2.95.